The highest BCUT2D eigenvalue weighted by atomic mass is 16.5. The molecule has 0 atom stereocenters. The lowest BCUT2D eigenvalue weighted by Gasteiger charge is -2.34. The molecule has 3 rings (SSSR count). The summed E-state index contributed by atoms with van der Waals surface area (Å²) in [4.78, 5) is 0. The van der Waals surface area contributed by atoms with Crippen LogP contribution in [0.2, 0.25) is 0 Å². The predicted octanol–water partition coefficient (Wildman–Crippen LogP) is 3.68. The van der Waals surface area contributed by atoms with Crippen molar-refractivity contribution < 1.29 is 4.74 Å². The van der Waals surface area contributed by atoms with Crippen LogP contribution in [-0.2, 0) is 13.0 Å². The summed E-state index contributed by atoms with van der Waals surface area (Å²) in [5.41, 5.74) is 3.41. The Hall–Kier alpha value is -1.02. The number of benzene rings is 1. The SMILES string of the molecule is CC1(C)CCC(Oc2ccc3c(c2)CCNC3)CC1. The molecule has 1 heterocycles. The third-order valence-electron chi connectivity index (χ3n) is 4.65. The first-order valence-corrected chi connectivity index (χ1v) is 7.62. The Morgan fingerprint density at radius 1 is 1.16 bits per heavy atom. The van der Waals surface area contributed by atoms with Gasteiger partial charge < -0.3 is 10.1 Å². The van der Waals surface area contributed by atoms with E-state index in [1.54, 1.807) is 0 Å². The van der Waals surface area contributed by atoms with Gasteiger partial charge in [-0.05, 0) is 67.3 Å². The number of hydrogen-bond acceptors (Lipinski definition) is 2. The first-order valence-electron chi connectivity index (χ1n) is 7.62. The number of ether oxygens (including phenoxy) is 1. The highest BCUT2D eigenvalue weighted by Crippen LogP contribution is 2.36. The summed E-state index contributed by atoms with van der Waals surface area (Å²) >= 11 is 0. The van der Waals surface area contributed by atoms with Gasteiger partial charge in [-0.15, -0.1) is 0 Å². The van der Waals surface area contributed by atoms with Crippen molar-refractivity contribution in [2.75, 3.05) is 6.54 Å². The molecular weight excluding hydrogens is 234 g/mol. The molecule has 0 radical (unpaired) electrons. The van der Waals surface area contributed by atoms with Crippen molar-refractivity contribution in [1.29, 1.82) is 0 Å². The number of rotatable bonds is 2. The van der Waals surface area contributed by atoms with Crippen molar-refractivity contribution in [3.8, 4) is 5.75 Å². The molecule has 1 aliphatic heterocycles. The second-order valence-corrected chi connectivity index (χ2v) is 6.84. The topological polar surface area (TPSA) is 21.3 Å². The zero-order chi connectivity index (χ0) is 13.3. The van der Waals surface area contributed by atoms with E-state index in [1.165, 1.54) is 36.8 Å². The molecule has 0 aromatic heterocycles. The Morgan fingerprint density at radius 2 is 1.95 bits per heavy atom. The average Bonchev–Trinajstić information content (AvgIpc) is 2.41. The maximum absolute atomic E-state index is 6.19. The Morgan fingerprint density at radius 3 is 2.74 bits per heavy atom. The van der Waals surface area contributed by atoms with Crippen molar-refractivity contribution in [2.24, 2.45) is 5.41 Å². The molecule has 2 nitrogen and oxygen atoms in total. The van der Waals surface area contributed by atoms with Crippen LogP contribution >= 0.6 is 0 Å². The summed E-state index contributed by atoms with van der Waals surface area (Å²) < 4.78 is 6.19. The van der Waals surface area contributed by atoms with Crippen molar-refractivity contribution in [3.63, 3.8) is 0 Å². The van der Waals surface area contributed by atoms with Crippen LogP contribution in [0.3, 0.4) is 0 Å². The molecule has 1 aromatic carbocycles. The highest BCUT2D eigenvalue weighted by molar-refractivity contribution is 5.37. The first kappa shape index (κ1) is 13.0. The first-order chi connectivity index (χ1) is 9.12. The number of fused-ring (bicyclic) bond motifs is 1. The lowest BCUT2D eigenvalue weighted by molar-refractivity contribution is 0.0987. The molecule has 1 aliphatic carbocycles. The summed E-state index contributed by atoms with van der Waals surface area (Å²) in [5, 5.41) is 3.41. The molecule has 0 spiro atoms. The standard InChI is InChI=1S/C17H25NO/c1-17(2)8-5-15(6-9-17)19-16-4-3-14-12-18-10-7-13(14)11-16/h3-4,11,15,18H,5-10,12H2,1-2H3. The van der Waals surface area contributed by atoms with E-state index in [1.807, 2.05) is 0 Å². The maximum atomic E-state index is 6.19. The van der Waals surface area contributed by atoms with Gasteiger partial charge in [0.25, 0.3) is 0 Å². The molecule has 19 heavy (non-hydrogen) atoms. The van der Waals surface area contributed by atoms with Gasteiger partial charge in [-0.25, -0.2) is 0 Å². The lowest BCUT2D eigenvalue weighted by Crippen LogP contribution is -2.28. The van der Waals surface area contributed by atoms with Gasteiger partial charge in [0.2, 0.25) is 0 Å². The molecular formula is C17H25NO. The van der Waals surface area contributed by atoms with Gasteiger partial charge in [0.1, 0.15) is 5.75 Å². The Balaban J connectivity index is 1.64. The van der Waals surface area contributed by atoms with Crippen molar-refractivity contribution in [3.05, 3.63) is 29.3 Å². The maximum Gasteiger partial charge on any atom is 0.120 e. The molecule has 2 heteroatoms. The van der Waals surface area contributed by atoms with Gasteiger partial charge in [-0.3, -0.25) is 0 Å². The van der Waals surface area contributed by atoms with Gasteiger partial charge in [0, 0.05) is 6.54 Å². The Labute approximate surface area is 116 Å². The quantitative estimate of drug-likeness (QED) is 0.875. The van der Waals surface area contributed by atoms with E-state index in [0.717, 1.165) is 25.3 Å². The molecule has 0 unspecified atom stereocenters. The van der Waals surface area contributed by atoms with E-state index in [4.69, 9.17) is 4.74 Å². The molecule has 1 saturated carbocycles. The third-order valence-corrected chi connectivity index (χ3v) is 4.65. The van der Waals surface area contributed by atoms with E-state index >= 15 is 0 Å². The van der Waals surface area contributed by atoms with Gasteiger partial charge in [0.15, 0.2) is 0 Å². The predicted molar refractivity (Wildman–Crippen MR) is 78.5 cm³/mol. The van der Waals surface area contributed by atoms with E-state index in [9.17, 15) is 0 Å². The average molecular weight is 259 g/mol. The summed E-state index contributed by atoms with van der Waals surface area (Å²) in [5.74, 6) is 1.07. The molecule has 2 aliphatic rings. The lowest BCUT2D eigenvalue weighted by atomic mass is 9.76. The summed E-state index contributed by atoms with van der Waals surface area (Å²) in [7, 11) is 0. The minimum absolute atomic E-state index is 0.424. The fraction of sp³-hybridized carbons (Fsp3) is 0.647. The monoisotopic (exact) mass is 259 g/mol. The van der Waals surface area contributed by atoms with Gasteiger partial charge in [-0.1, -0.05) is 19.9 Å². The van der Waals surface area contributed by atoms with Crippen LogP contribution in [0, 0.1) is 5.41 Å². The minimum atomic E-state index is 0.424. The molecule has 1 fully saturated rings. The second kappa shape index (κ2) is 5.16. The fourth-order valence-corrected chi connectivity index (χ4v) is 3.21. The van der Waals surface area contributed by atoms with Crippen molar-refractivity contribution >= 4 is 0 Å². The van der Waals surface area contributed by atoms with Gasteiger partial charge in [-0.2, -0.15) is 0 Å². The summed E-state index contributed by atoms with van der Waals surface area (Å²) in [6.45, 7) is 6.84. The van der Waals surface area contributed by atoms with Crippen LogP contribution in [0.15, 0.2) is 18.2 Å². The smallest absolute Gasteiger partial charge is 0.120 e. The van der Waals surface area contributed by atoms with Crippen LogP contribution in [-0.4, -0.2) is 12.6 Å². The summed E-state index contributed by atoms with van der Waals surface area (Å²) in [6, 6.07) is 6.63. The zero-order valence-corrected chi connectivity index (χ0v) is 12.2. The van der Waals surface area contributed by atoms with E-state index < -0.39 is 0 Å². The fourth-order valence-electron chi connectivity index (χ4n) is 3.21. The summed E-state index contributed by atoms with van der Waals surface area (Å²) in [6.07, 6.45) is 6.52. The second-order valence-electron chi connectivity index (χ2n) is 6.84. The molecule has 1 N–H and O–H groups in total. The molecule has 0 saturated heterocycles. The largest absolute Gasteiger partial charge is 0.490 e. The Kier molecular flexibility index (Phi) is 3.53. The minimum Gasteiger partial charge on any atom is -0.490 e. The van der Waals surface area contributed by atoms with Crippen LogP contribution in [0.25, 0.3) is 0 Å². The van der Waals surface area contributed by atoms with Crippen LogP contribution in [0.4, 0.5) is 0 Å². The van der Waals surface area contributed by atoms with E-state index in [2.05, 4.69) is 37.4 Å². The molecule has 0 amide bonds. The normalized spacial score (nSPS) is 22.8. The number of nitrogens with one attached hydrogen (secondary N) is 1. The third kappa shape index (κ3) is 3.11. The number of hydrogen-bond donors (Lipinski definition) is 1. The molecule has 104 valence electrons. The molecule has 0 bridgehead atoms. The molecule has 1 aromatic rings. The highest BCUT2D eigenvalue weighted by Gasteiger charge is 2.27. The van der Waals surface area contributed by atoms with Crippen LogP contribution < -0.4 is 10.1 Å². The Bertz CT molecular complexity index is 443. The zero-order valence-electron chi connectivity index (χ0n) is 12.2. The van der Waals surface area contributed by atoms with E-state index in [0.29, 0.717) is 11.5 Å². The van der Waals surface area contributed by atoms with Gasteiger partial charge >= 0.3 is 0 Å². The van der Waals surface area contributed by atoms with Crippen molar-refractivity contribution in [1.82, 2.24) is 5.32 Å². The van der Waals surface area contributed by atoms with Crippen molar-refractivity contribution in [2.45, 2.75) is 58.6 Å². The van der Waals surface area contributed by atoms with Crippen LogP contribution in [0.5, 0.6) is 5.75 Å². The van der Waals surface area contributed by atoms with Gasteiger partial charge in [0.05, 0.1) is 6.10 Å². The van der Waals surface area contributed by atoms with E-state index in [-0.39, 0.29) is 0 Å². The van der Waals surface area contributed by atoms with Crippen LogP contribution in [0.1, 0.15) is 50.7 Å².